The molecule has 4 N–H and O–H groups in total. The number of hydrogen-bond acceptors (Lipinski definition) is 7. The fourth-order valence-corrected chi connectivity index (χ4v) is 4.17. The lowest BCUT2D eigenvalue weighted by Gasteiger charge is -2.15. The number of aromatic nitrogens is 3. The molecule has 0 saturated heterocycles. The van der Waals surface area contributed by atoms with E-state index in [2.05, 4.69) is 20.7 Å². The highest BCUT2D eigenvalue weighted by Gasteiger charge is 2.22. The van der Waals surface area contributed by atoms with Crippen LogP contribution in [-0.4, -0.2) is 39.6 Å². The zero-order chi connectivity index (χ0) is 29.4. The molecule has 0 spiro atoms. The number of halogens is 2. The molecule has 0 radical (unpaired) electrons. The van der Waals surface area contributed by atoms with E-state index in [1.807, 2.05) is 20.8 Å². The van der Waals surface area contributed by atoms with Crippen LogP contribution in [0, 0.1) is 0 Å². The van der Waals surface area contributed by atoms with Crippen molar-refractivity contribution < 1.29 is 23.9 Å². The van der Waals surface area contributed by atoms with E-state index >= 15 is 0 Å². The average Bonchev–Trinajstić information content (AvgIpc) is 3.27. The van der Waals surface area contributed by atoms with Gasteiger partial charge < -0.3 is 20.5 Å². The Morgan fingerprint density at radius 1 is 0.975 bits per heavy atom. The molecule has 0 aliphatic rings. The summed E-state index contributed by atoms with van der Waals surface area (Å²) >= 11 is 13.0. The number of nitrogens with zero attached hydrogens (tertiary/aromatic N) is 3. The number of carbonyl (C=O) groups is 3. The molecule has 208 valence electrons. The number of primary amides is 1. The highest BCUT2D eigenvalue weighted by molar-refractivity contribution is 6.45. The molecule has 11 nitrogen and oxygen atoms in total. The van der Waals surface area contributed by atoms with Gasteiger partial charge in [0.2, 0.25) is 0 Å². The molecule has 3 amide bonds. The molecule has 0 aliphatic carbocycles. The lowest BCUT2D eigenvalue weighted by Crippen LogP contribution is -2.23. The predicted molar refractivity (Wildman–Crippen MR) is 153 cm³/mol. The monoisotopic (exact) mass is 584 g/mol. The smallest absolute Gasteiger partial charge is 0.324 e. The largest absolute Gasteiger partial charge is 0.496 e. The van der Waals surface area contributed by atoms with E-state index in [1.165, 1.54) is 37.6 Å². The second-order valence-corrected chi connectivity index (χ2v) is 10.5. The van der Waals surface area contributed by atoms with Crippen LogP contribution < -0.4 is 25.8 Å². The van der Waals surface area contributed by atoms with Crippen LogP contribution in [0.15, 0.2) is 42.6 Å². The minimum atomic E-state index is -1.14. The number of ether oxygens (including phenoxy) is 2. The van der Waals surface area contributed by atoms with E-state index in [4.69, 9.17) is 38.4 Å². The number of nitrogens with two attached hydrogens (primary N) is 1. The van der Waals surface area contributed by atoms with E-state index in [9.17, 15) is 14.4 Å². The number of carbonyl (C=O) groups excluding carboxylic acids is 3. The number of amides is 3. The number of anilines is 2. The molecule has 4 aromatic rings. The standard InChI is InChI=1S/C27H26Cl2N6O5/c1-27(2,3)20-12-21(35(4)34-20)33-26(38)32-15-6-7-18(23(29)22(15)28)40-17-8-9-31-16-11-19(39-5)14(10-13(16)17)24(36)25(30)37/h6-12H,1-5H3,(H2,30,37)(H2,32,33,38). The van der Waals surface area contributed by atoms with E-state index in [0.29, 0.717) is 16.7 Å². The Bertz CT molecular complexity index is 1660. The third-order valence-electron chi connectivity index (χ3n) is 5.90. The van der Waals surface area contributed by atoms with Crippen LogP contribution in [0.5, 0.6) is 17.2 Å². The molecule has 13 heteroatoms. The number of ketones is 1. The number of fused-ring (bicyclic) bond motifs is 1. The lowest BCUT2D eigenvalue weighted by atomic mass is 9.92. The Balaban J connectivity index is 1.59. The van der Waals surface area contributed by atoms with Crippen molar-refractivity contribution in [3.05, 3.63) is 63.9 Å². The van der Waals surface area contributed by atoms with Crippen LogP contribution in [0.25, 0.3) is 10.9 Å². The first-order valence-corrected chi connectivity index (χ1v) is 12.6. The number of rotatable bonds is 7. The SMILES string of the molecule is COc1cc2nccc(Oc3ccc(NC(=O)Nc4cc(C(C)(C)C)nn4C)c(Cl)c3Cl)c2cc1C(=O)C(N)=O. The molecule has 0 fully saturated rings. The van der Waals surface area contributed by atoms with Gasteiger partial charge >= 0.3 is 6.03 Å². The van der Waals surface area contributed by atoms with Crippen molar-refractivity contribution in [3.63, 3.8) is 0 Å². The lowest BCUT2D eigenvalue weighted by molar-refractivity contribution is -0.114. The van der Waals surface area contributed by atoms with Crippen molar-refractivity contribution in [1.29, 1.82) is 0 Å². The highest BCUT2D eigenvalue weighted by atomic mass is 35.5. The van der Waals surface area contributed by atoms with Crippen molar-refractivity contribution in [2.75, 3.05) is 17.7 Å². The van der Waals surface area contributed by atoms with Crippen molar-refractivity contribution in [3.8, 4) is 17.2 Å². The molecule has 0 unspecified atom stereocenters. The molecule has 2 aromatic carbocycles. The zero-order valence-electron chi connectivity index (χ0n) is 22.3. The topological polar surface area (TPSA) is 150 Å². The number of aryl methyl sites for hydroxylation is 1. The summed E-state index contributed by atoms with van der Waals surface area (Å²) in [5.74, 6) is -0.983. The van der Waals surface area contributed by atoms with Crippen LogP contribution in [0.2, 0.25) is 10.0 Å². The number of nitrogens with one attached hydrogen (secondary N) is 2. The highest BCUT2D eigenvalue weighted by Crippen LogP contribution is 2.41. The summed E-state index contributed by atoms with van der Waals surface area (Å²) < 4.78 is 12.8. The van der Waals surface area contributed by atoms with Crippen LogP contribution in [0.3, 0.4) is 0 Å². The summed E-state index contributed by atoms with van der Waals surface area (Å²) in [6.45, 7) is 6.07. The molecule has 0 saturated carbocycles. The van der Waals surface area contributed by atoms with Crippen LogP contribution >= 0.6 is 23.2 Å². The van der Waals surface area contributed by atoms with Gasteiger partial charge in [0.15, 0.2) is 0 Å². The van der Waals surface area contributed by atoms with Crippen molar-refractivity contribution >= 4 is 63.3 Å². The first-order chi connectivity index (χ1) is 18.8. The summed E-state index contributed by atoms with van der Waals surface area (Å²) in [7, 11) is 3.09. The number of benzene rings is 2. The second-order valence-electron chi connectivity index (χ2n) is 9.78. The molecule has 0 bridgehead atoms. The summed E-state index contributed by atoms with van der Waals surface area (Å²) in [5.41, 5.74) is 6.45. The van der Waals surface area contributed by atoms with E-state index in [1.54, 1.807) is 23.9 Å². The summed E-state index contributed by atoms with van der Waals surface area (Å²) in [6.07, 6.45) is 1.49. The number of Topliss-reactive ketones (excluding diaryl/α,β-unsaturated/α-hetero) is 1. The molecule has 2 aromatic heterocycles. The van der Waals surface area contributed by atoms with Gasteiger partial charge in [0.1, 0.15) is 28.1 Å². The molecule has 2 heterocycles. The maximum absolute atomic E-state index is 12.7. The normalized spacial score (nSPS) is 11.3. The van der Waals surface area contributed by atoms with Gasteiger partial charge in [-0.15, -0.1) is 0 Å². The van der Waals surface area contributed by atoms with Gasteiger partial charge in [-0.3, -0.25) is 24.6 Å². The Morgan fingerprint density at radius 2 is 1.70 bits per heavy atom. The second kappa shape index (κ2) is 11.0. The number of methoxy groups -OCH3 is 1. The van der Waals surface area contributed by atoms with Gasteiger partial charge in [0.05, 0.1) is 34.6 Å². The molecular weight excluding hydrogens is 559 g/mol. The Labute approximate surface area is 239 Å². The van der Waals surface area contributed by atoms with Crippen molar-refractivity contribution in [2.45, 2.75) is 26.2 Å². The first-order valence-electron chi connectivity index (χ1n) is 11.9. The Kier molecular flexibility index (Phi) is 7.90. The van der Waals surface area contributed by atoms with Crippen molar-refractivity contribution in [1.82, 2.24) is 14.8 Å². The van der Waals surface area contributed by atoms with Crippen LogP contribution in [0.4, 0.5) is 16.3 Å². The third-order valence-corrected chi connectivity index (χ3v) is 6.76. The van der Waals surface area contributed by atoms with Gasteiger partial charge in [0, 0.05) is 36.2 Å². The van der Waals surface area contributed by atoms with Crippen molar-refractivity contribution in [2.24, 2.45) is 12.8 Å². The zero-order valence-corrected chi connectivity index (χ0v) is 23.8. The Hall–Kier alpha value is -4.35. The molecule has 4 rings (SSSR count). The molecule has 0 aliphatic heterocycles. The predicted octanol–water partition coefficient (Wildman–Crippen LogP) is 5.69. The molecular formula is C27H26Cl2N6O5. The van der Waals surface area contributed by atoms with E-state index < -0.39 is 17.7 Å². The number of hydrogen-bond donors (Lipinski definition) is 3. The van der Waals surface area contributed by atoms with Gasteiger partial charge in [-0.05, 0) is 24.3 Å². The maximum Gasteiger partial charge on any atom is 0.324 e. The fraction of sp³-hybridized carbons (Fsp3) is 0.222. The summed E-state index contributed by atoms with van der Waals surface area (Å²) in [4.78, 5) is 40.8. The maximum atomic E-state index is 12.7. The van der Waals surface area contributed by atoms with Gasteiger partial charge in [0.25, 0.3) is 11.7 Å². The molecule has 40 heavy (non-hydrogen) atoms. The average molecular weight is 585 g/mol. The van der Waals surface area contributed by atoms with Gasteiger partial charge in [-0.1, -0.05) is 44.0 Å². The van der Waals surface area contributed by atoms with Crippen LogP contribution in [0.1, 0.15) is 36.8 Å². The van der Waals surface area contributed by atoms with Gasteiger partial charge in [-0.25, -0.2) is 4.79 Å². The van der Waals surface area contributed by atoms with Gasteiger partial charge in [-0.2, -0.15) is 5.10 Å². The summed E-state index contributed by atoms with van der Waals surface area (Å²) in [6, 6.07) is 8.75. The van der Waals surface area contributed by atoms with E-state index in [-0.39, 0.29) is 44.0 Å². The van der Waals surface area contributed by atoms with Crippen LogP contribution in [-0.2, 0) is 17.3 Å². The Morgan fingerprint density at radius 3 is 2.33 bits per heavy atom. The number of pyridine rings is 1. The summed E-state index contributed by atoms with van der Waals surface area (Å²) in [5, 5.41) is 10.3. The minimum Gasteiger partial charge on any atom is -0.496 e. The third kappa shape index (κ3) is 5.80. The minimum absolute atomic E-state index is 0.0296. The fourth-order valence-electron chi connectivity index (χ4n) is 3.76. The number of urea groups is 1. The first kappa shape index (κ1) is 28.7. The van der Waals surface area contributed by atoms with E-state index in [0.717, 1.165) is 5.69 Å². The molecule has 0 atom stereocenters. The quantitative estimate of drug-likeness (QED) is 0.186.